The van der Waals surface area contributed by atoms with Crippen molar-refractivity contribution in [3.8, 4) is 0 Å². The zero-order chi connectivity index (χ0) is 35.5. The number of rotatable bonds is 4. The minimum atomic E-state index is -1.60. The highest BCUT2D eigenvalue weighted by Crippen LogP contribution is 2.71. The Morgan fingerprint density at radius 3 is 2.34 bits per heavy atom. The van der Waals surface area contributed by atoms with E-state index in [1.165, 1.54) is 5.57 Å². The summed E-state index contributed by atoms with van der Waals surface area (Å²) in [4.78, 5) is 0. The number of aliphatic hydroxyl groups excluding tert-OH is 6. The third-order valence-electron chi connectivity index (χ3n) is 15.2. The monoisotopic (exact) mass is 708 g/mol. The normalized spacial score (nSPS) is 59.3. The lowest BCUT2D eigenvalue weighted by Crippen LogP contribution is -2.63. The molecule has 4 aliphatic carbocycles. The molecule has 3 saturated carbocycles. The van der Waals surface area contributed by atoms with Crippen LogP contribution >= 0.6 is 0 Å². The molecule has 284 valence electrons. The van der Waals surface area contributed by atoms with Crippen LogP contribution in [0.5, 0.6) is 0 Å². The van der Waals surface area contributed by atoms with Crippen molar-refractivity contribution in [2.24, 2.45) is 46.3 Å². The molecule has 7 fully saturated rings. The van der Waals surface area contributed by atoms with E-state index in [9.17, 15) is 30.6 Å². The van der Waals surface area contributed by atoms with Crippen molar-refractivity contribution in [2.75, 3.05) is 13.2 Å². The maximum absolute atomic E-state index is 11.1. The van der Waals surface area contributed by atoms with E-state index >= 15 is 0 Å². The summed E-state index contributed by atoms with van der Waals surface area (Å²) in [6.07, 6.45) is -3.26. The van der Waals surface area contributed by atoms with Gasteiger partial charge in [0.1, 0.15) is 36.6 Å². The van der Waals surface area contributed by atoms with Crippen LogP contribution < -0.4 is 0 Å². The highest BCUT2D eigenvalue weighted by Gasteiger charge is 2.69. The van der Waals surface area contributed by atoms with Crippen LogP contribution in [0, 0.1) is 46.3 Å². The highest BCUT2D eigenvalue weighted by atomic mass is 16.8. The van der Waals surface area contributed by atoms with Gasteiger partial charge in [0, 0.05) is 24.2 Å². The summed E-state index contributed by atoms with van der Waals surface area (Å²) >= 11 is 0. The molecule has 0 unspecified atom stereocenters. The Labute approximate surface area is 295 Å². The van der Waals surface area contributed by atoms with E-state index in [4.69, 9.17) is 28.4 Å². The second kappa shape index (κ2) is 12.9. The minimum Gasteiger partial charge on any atom is -0.393 e. The summed E-state index contributed by atoms with van der Waals surface area (Å²) in [6, 6.07) is 0. The molecule has 0 aromatic rings. The molecule has 6 N–H and O–H groups in total. The highest BCUT2D eigenvalue weighted by molar-refractivity contribution is 5.28. The molecule has 4 saturated heterocycles. The third-order valence-corrected chi connectivity index (χ3v) is 15.2. The van der Waals surface area contributed by atoms with Gasteiger partial charge in [0.15, 0.2) is 18.4 Å². The molecule has 8 rings (SSSR count). The van der Waals surface area contributed by atoms with Gasteiger partial charge in [-0.2, -0.15) is 0 Å². The molecule has 21 atom stereocenters. The number of fused-ring (bicyclic) bond motifs is 7. The molecule has 0 aromatic heterocycles. The first-order valence-corrected chi connectivity index (χ1v) is 19.4. The van der Waals surface area contributed by atoms with Crippen LogP contribution in [0.2, 0.25) is 0 Å². The van der Waals surface area contributed by atoms with Gasteiger partial charge >= 0.3 is 0 Å². The molecule has 4 heterocycles. The van der Waals surface area contributed by atoms with E-state index in [2.05, 4.69) is 33.8 Å². The summed E-state index contributed by atoms with van der Waals surface area (Å²) in [5, 5.41) is 64.1. The smallest absolute Gasteiger partial charge is 0.187 e. The fraction of sp³-hybridized carbons (Fsp3) is 0.947. The number of hydrogen-bond acceptors (Lipinski definition) is 12. The van der Waals surface area contributed by atoms with Crippen molar-refractivity contribution in [1.82, 2.24) is 0 Å². The first-order valence-electron chi connectivity index (χ1n) is 19.4. The summed E-state index contributed by atoms with van der Waals surface area (Å²) in [7, 11) is 0. The van der Waals surface area contributed by atoms with E-state index in [0.29, 0.717) is 48.3 Å². The Morgan fingerprint density at radius 1 is 0.820 bits per heavy atom. The number of ether oxygens (including phenoxy) is 6. The topological polar surface area (TPSA) is 177 Å². The van der Waals surface area contributed by atoms with E-state index in [1.54, 1.807) is 6.92 Å². The lowest BCUT2D eigenvalue weighted by molar-refractivity contribution is -0.362. The lowest BCUT2D eigenvalue weighted by Gasteiger charge is -2.60. The first-order chi connectivity index (χ1) is 23.7. The maximum atomic E-state index is 11.1. The summed E-state index contributed by atoms with van der Waals surface area (Å²) < 4.78 is 38.0. The van der Waals surface area contributed by atoms with Gasteiger partial charge in [0.05, 0.1) is 37.6 Å². The zero-order valence-electron chi connectivity index (χ0n) is 30.2. The van der Waals surface area contributed by atoms with Crippen LogP contribution in [0.1, 0.15) is 86.0 Å². The van der Waals surface area contributed by atoms with Crippen LogP contribution in [-0.4, -0.2) is 123 Å². The molecule has 0 amide bonds. The second-order valence-electron chi connectivity index (χ2n) is 17.9. The van der Waals surface area contributed by atoms with Crippen LogP contribution in [0.25, 0.3) is 0 Å². The van der Waals surface area contributed by atoms with E-state index < -0.39 is 78.7 Å². The molecule has 0 bridgehead atoms. The minimum absolute atomic E-state index is 0.134. The second-order valence-corrected chi connectivity index (χ2v) is 17.9. The van der Waals surface area contributed by atoms with Gasteiger partial charge in [-0.15, -0.1) is 0 Å². The van der Waals surface area contributed by atoms with Gasteiger partial charge in [-0.05, 0) is 80.5 Å². The molecular formula is C38H60O12. The molecular weight excluding hydrogens is 648 g/mol. The van der Waals surface area contributed by atoms with Crippen LogP contribution in [0.4, 0.5) is 0 Å². The Bertz CT molecular complexity index is 1290. The molecule has 8 aliphatic rings. The van der Waals surface area contributed by atoms with Crippen molar-refractivity contribution in [1.29, 1.82) is 0 Å². The predicted molar refractivity (Wildman–Crippen MR) is 177 cm³/mol. The molecule has 4 aliphatic heterocycles. The number of aliphatic hydroxyl groups is 6. The van der Waals surface area contributed by atoms with E-state index in [1.807, 2.05) is 0 Å². The molecule has 50 heavy (non-hydrogen) atoms. The first kappa shape index (κ1) is 36.2. The fourth-order valence-corrected chi connectivity index (χ4v) is 12.4. The Balaban J connectivity index is 1.04. The van der Waals surface area contributed by atoms with Crippen molar-refractivity contribution in [3.05, 3.63) is 11.6 Å². The van der Waals surface area contributed by atoms with Gasteiger partial charge in [-0.1, -0.05) is 39.3 Å². The largest absolute Gasteiger partial charge is 0.393 e. The fourth-order valence-electron chi connectivity index (χ4n) is 12.4. The molecule has 0 aromatic carbocycles. The van der Waals surface area contributed by atoms with Gasteiger partial charge in [-0.3, -0.25) is 0 Å². The summed E-state index contributed by atoms with van der Waals surface area (Å²) in [5.41, 5.74) is 0.917. The Morgan fingerprint density at radius 2 is 1.60 bits per heavy atom. The van der Waals surface area contributed by atoms with Crippen LogP contribution in [-0.2, 0) is 28.4 Å². The average molecular weight is 709 g/mol. The van der Waals surface area contributed by atoms with Gasteiger partial charge in [0.2, 0.25) is 0 Å². The third kappa shape index (κ3) is 5.45. The predicted octanol–water partition coefficient (Wildman–Crippen LogP) is 2.00. The quantitative estimate of drug-likeness (QED) is 0.235. The lowest BCUT2D eigenvalue weighted by atomic mass is 9.46. The molecule has 0 radical (unpaired) electrons. The standard InChI is InChI=1S/C38H60O12/c1-17-8-11-38(46-15-17)18(2)28-26(50-38)14-24-22-7-6-20-12-21(39)13-27(37(20,5)23(22)9-10-36(24,28)4)48-35-33(30(42)25(40)16-45-35)49-34-32(44)31(43)29(41)19(3)47-34/h6,17-19,21-35,39-44H,7-16H2,1-5H3/t17-,18-,19-,21+,22-,23-,24-,25-,26+,27+,28+,29-,30-,31+,32+,33+,34-,35-,36-,37-,38+/m0/s1. The van der Waals surface area contributed by atoms with Crippen molar-refractivity contribution < 1.29 is 59.1 Å². The average Bonchev–Trinajstić information content (AvgIpc) is 3.53. The summed E-state index contributed by atoms with van der Waals surface area (Å²) in [6.45, 7) is 11.5. The zero-order valence-corrected chi connectivity index (χ0v) is 30.2. The van der Waals surface area contributed by atoms with Crippen molar-refractivity contribution in [3.63, 3.8) is 0 Å². The Hall–Kier alpha value is -0.740. The maximum Gasteiger partial charge on any atom is 0.187 e. The molecule has 12 nitrogen and oxygen atoms in total. The van der Waals surface area contributed by atoms with Crippen molar-refractivity contribution in [2.45, 2.75) is 165 Å². The molecule has 12 heteroatoms. The van der Waals surface area contributed by atoms with Gasteiger partial charge in [-0.25, -0.2) is 0 Å². The molecule has 1 spiro atoms. The number of hydrogen-bond donors (Lipinski definition) is 6. The van der Waals surface area contributed by atoms with Crippen LogP contribution in [0.15, 0.2) is 11.6 Å². The van der Waals surface area contributed by atoms with E-state index in [-0.39, 0.29) is 18.1 Å². The van der Waals surface area contributed by atoms with Gasteiger partial charge in [0.25, 0.3) is 0 Å². The summed E-state index contributed by atoms with van der Waals surface area (Å²) in [5.74, 6) is 2.08. The Kier molecular flexibility index (Phi) is 9.38. The van der Waals surface area contributed by atoms with Crippen LogP contribution in [0.3, 0.4) is 0 Å². The SMILES string of the molecule is C[C@H]1CC[C@@]2(OC1)O[C@@H]1C[C@H]3[C@H]4CC=C5C[C@@H](O)C[C@@H](O[C@@H]6OC[C@H](O)[C@H](O)[C@H]6O[C@@H]6O[C@@H](C)[C@H](O)[C@@H](O)[C@H]6O)[C@]5(C)[C@H]4CC[C@]3(C)[C@@H]1[C@@H]2C. The van der Waals surface area contributed by atoms with Gasteiger partial charge < -0.3 is 59.1 Å². The van der Waals surface area contributed by atoms with Crippen molar-refractivity contribution >= 4 is 0 Å². The van der Waals surface area contributed by atoms with E-state index in [0.717, 1.165) is 45.1 Å². The number of allylic oxidation sites excluding steroid dienone is 1.